The minimum Gasteiger partial charge on any atom is -0.497 e. The molecule has 2 aromatic carbocycles. The molecule has 2 atom stereocenters. The first-order chi connectivity index (χ1) is 10.6. The quantitative estimate of drug-likeness (QED) is 0.817. The highest BCUT2D eigenvalue weighted by molar-refractivity contribution is 8.00. The van der Waals surface area contributed by atoms with Crippen LogP contribution < -0.4 is 10.1 Å². The lowest BCUT2D eigenvalue weighted by Gasteiger charge is -2.17. The number of carbonyl (C=O) groups excluding carboxylic acids is 1. The Labute approximate surface area is 136 Å². The van der Waals surface area contributed by atoms with E-state index in [9.17, 15) is 4.79 Å². The van der Waals surface area contributed by atoms with Crippen LogP contribution in [0, 0.1) is 0 Å². The molecule has 0 saturated heterocycles. The third-order valence-electron chi connectivity index (χ3n) is 3.40. The number of nitrogens with one attached hydrogen (secondary N) is 1. The van der Waals surface area contributed by atoms with Gasteiger partial charge in [0.05, 0.1) is 18.4 Å². The summed E-state index contributed by atoms with van der Waals surface area (Å²) in [6.45, 7) is 3.92. The lowest BCUT2D eigenvalue weighted by atomic mass is 10.1. The van der Waals surface area contributed by atoms with Crippen molar-refractivity contribution < 1.29 is 9.53 Å². The van der Waals surface area contributed by atoms with Crippen LogP contribution in [0.4, 0.5) is 0 Å². The van der Waals surface area contributed by atoms with Gasteiger partial charge in [0, 0.05) is 4.90 Å². The largest absolute Gasteiger partial charge is 0.497 e. The Bertz CT molecular complexity index is 598. The minimum absolute atomic E-state index is 0.00705. The van der Waals surface area contributed by atoms with Crippen molar-refractivity contribution in [3.8, 4) is 5.75 Å². The van der Waals surface area contributed by atoms with Gasteiger partial charge in [0.2, 0.25) is 5.91 Å². The molecule has 0 aliphatic heterocycles. The molecular formula is C18H21NO2S. The minimum atomic E-state index is -0.153. The lowest BCUT2D eigenvalue weighted by molar-refractivity contribution is -0.120. The van der Waals surface area contributed by atoms with Crippen LogP contribution in [-0.4, -0.2) is 18.3 Å². The molecule has 22 heavy (non-hydrogen) atoms. The van der Waals surface area contributed by atoms with Gasteiger partial charge >= 0.3 is 0 Å². The average molecular weight is 315 g/mol. The predicted molar refractivity (Wildman–Crippen MR) is 91.3 cm³/mol. The Morgan fingerprint density at radius 3 is 2.27 bits per heavy atom. The van der Waals surface area contributed by atoms with E-state index in [-0.39, 0.29) is 17.2 Å². The van der Waals surface area contributed by atoms with E-state index in [4.69, 9.17) is 4.74 Å². The van der Waals surface area contributed by atoms with E-state index in [0.29, 0.717) is 0 Å². The van der Waals surface area contributed by atoms with Crippen LogP contribution in [0.2, 0.25) is 0 Å². The molecule has 3 nitrogen and oxygen atoms in total. The number of methoxy groups -OCH3 is 1. The van der Waals surface area contributed by atoms with Gasteiger partial charge in [-0.25, -0.2) is 0 Å². The van der Waals surface area contributed by atoms with Crippen molar-refractivity contribution in [2.24, 2.45) is 0 Å². The second kappa shape index (κ2) is 7.90. The van der Waals surface area contributed by atoms with Gasteiger partial charge in [-0.05, 0) is 43.7 Å². The first-order valence-corrected chi connectivity index (χ1v) is 8.14. The van der Waals surface area contributed by atoms with Gasteiger partial charge in [-0.2, -0.15) is 0 Å². The highest BCUT2D eigenvalue weighted by Gasteiger charge is 2.17. The number of carbonyl (C=O) groups is 1. The fourth-order valence-corrected chi connectivity index (χ4v) is 2.94. The van der Waals surface area contributed by atoms with Crippen LogP contribution in [0.3, 0.4) is 0 Å². The molecule has 0 saturated carbocycles. The van der Waals surface area contributed by atoms with Crippen molar-refractivity contribution in [2.45, 2.75) is 30.0 Å². The van der Waals surface area contributed by atoms with E-state index < -0.39 is 0 Å². The zero-order valence-electron chi connectivity index (χ0n) is 13.1. The number of hydrogen-bond acceptors (Lipinski definition) is 3. The Morgan fingerprint density at radius 1 is 1.05 bits per heavy atom. The maximum atomic E-state index is 12.3. The Morgan fingerprint density at radius 2 is 1.68 bits per heavy atom. The van der Waals surface area contributed by atoms with Gasteiger partial charge < -0.3 is 10.1 Å². The molecule has 116 valence electrons. The molecule has 1 amide bonds. The number of amides is 1. The number of ether oxygens (including phenoxy) is 1. The number of benzene rings is 2. The van der Waals surface area contributed by atoms with Crippen LogP contribution in [-0.2, 0) is 4.79 Å². The molecule has 0 bridgehead atoms. The molecule has 0 heterocycles. The normalized spacial score (nSPS) is 13.2. The highest BCUT2D eigenvalue weighted by Crippen LogP contribution is 2.26. The summed E-state index contributed by atoms with van der Waals surface area (Å²) >= 11 is 1.54. The van der Waals surface area contributed by atoms with E-state index in [1.807, 2.05) is 68.4 Å². The van der Waals surface area contributed by atoms with Crippen molar-refractivity contribution in [1.29, 1.82) is 0 Å². The average Bonchev–Trinajstić information content (AvgIpc) is 2.56. The smallest absolute Gasteiger partial charge is 0.233 e. The summed E-state index contributed by atoms with van der Waals surface area (Å²) in [6.07, 6.45) is 0. The van der Waals surface area contributed by atoms with Crippen LogP contribution in [0.15, 0.2) is 59.5 Å². The molecule has 4 heteroatoms. The van der Waals surface area contributed by atoms with E-state index in [2.05, 4.69) is 5.32 Å². The van der Waals surface area contributed by atoms with E-state index in [1.165, 1.54) is 0 Å². The maximum Gasteiger partial charge on any atom is 0.233 e. The van der Waals surface area contributed by atoms with Gasteiger partial charge in [0.15, 0.2) is 0 Å². The standard InChI is InChI=1S/C18H21NO2S/c1-13(15-7-5-4-6-8-15)19-18(20)14(2)22-17-11-9-16(21-3)10-12-17/h4-14H,1-3H3,(H,19,20)/t13-,14?/m0/s1. The van der Waals surface area contributed by atoms with E-state index in [1.54, 1.807) is 18.9 Å². The Kier molecular flexibility index (Phi) is 5.90. The van der Waals surface area contributed by atoms with Crippen molar-refractivity contribution in [1.82, 2.24) is 5.32 Å². The molecule has 0 spiro atoms. The topological polar surface area (TPSA) is 38.3 Å². The summed E-state index contributed by atoms with van der Waals surface area (Å²) in [5.74, 6) is 0.858. The van der Waals surface area contributed by atoms with E-state index in [0.717, 1.165) is 16.2 Å². The molecule has 1 unspecified atom stereocenters. The summed E-state index contributed by atoms with van der Waals surface area (Å²) in [5, 5.41) is 2.90. The van der Waals surface area contributed by atoms with E-state index >= 15 is 0 Å². The van der Waals surface area contributed by atoms with Crippen molar-refractivity contribution >= 4 is 17.7 Å². The van der Waals surface area contributed by atoms with Crippen molar-refractivity contribution in [2.75, 3.05) is 7.11 Å². The fraction of sp³-hybridized carbons (Fsp3) is 0.278. The molecule has 2 rings (SSSR count). The number of hydrogen-bond donors (Lipinski definition) is 1. The Hall–Kier alpha value is -1.94. The first-order valence-electron chi connectivity index (χ1n) is 7.26. The molecule has 0 aliphatic carbocycles. The van der Waals surface area contributed by atoms with Crippen LogP contribution in [0.25, 0.3) is 0 Å². The van der Waals surface area contributed by atoms with Crippen molar-refractivity contribution in [3.05, 3.63) is 60.2 Å². The highest BCUT2D eigenvalue weighted by atomic mass is 32.2. The van der Waals surface area contributed by atoms with Crippen molar-refractivity contribution in [3.63, 3.8) is 0 Å². The van der Waals surface area contributed by atoms with Gasteiger partial charge in [-0.1, -0.05) is 30.3 Å². The second-order valence-electron chi connectivity index (χ2n) is 5.08. The second-order valence-corrected chi connectivity index (χ2v) is 6.49. The summed E-state index contributed by atoms with van der Waals surface area (Å²) in [6, 6.07) is 17.7. The maximum absolute atomic E-state index is 12.3. The molecular weight excluding hydrogens is 294 g/mol. The van der Waals surface area contributed by atoms with Gasteiger partial charge in [-0.15, -0.1) is 11.8 Å². The SMILES string of the molecule is COc1ccc(SC(C)C(=O)N[C@@H](C)c2ccccc2)cc1. The molecule has 0 radical (unpaired) electrons. The fourth-order valence-electron chi connectivity index (χ4n) is 2.07. The molecule has 1 N–H and O–H groups in total. The summed E-state index contributed by atoms with van der Waals surface area (Å²) in [4.78, 5) is 13.3. The lowest BCUT2D eigenvalue weighted by Crippen LogP contribution is -2.33. The van der Waals surface area contributed by atoms with Gasteiger partial charge in [0.1, 0.15) is 5.75 Å². The molecule has 0 fully saturated rings. The summed E-state index contributed by atoms with van der Waals surface area (Å²) in [7, 11) is 1.64. The molecule has 2 aromatic rings. The third-order valence-corrected chi connectivity index (χ3v) is 4.51. The third kappa shape index (κ3) is 4.53. The zero-order valence-corrected chi connectivity index (χ0v) is 13.9. The Balaban J connectivity index is 1.91. The summed E-state index contributed by atoms with van der Waals surface area (Å²) < 4.78 is 5.13. The zero-order chi connectivity index (χ0) is 15.9. The van der Waals surface area contributed by atoms with Crippen LogP contribution >= 0.6 is 11.8 Å². The number of rotatable bonds is 6. The van der Waals surface area contributed by atoms with Gasteiger partial charge in [-0.3, -0.25) is 4.79 Å². The molecule has 0 aromatic heterocycles. The van der Waals surface area contributed by atoms with Crippen LogP contribution in [0.1, 0.15) is 25.5 Å². The van der Waals surface area contributed by atoms with Gasteiger partial charge in [0.25, 0.3) is 0 Å². The predicted octanol–water partition coefficient (Wildman–Crippen LogP) is 4.05. The summed E-state index contributed by atoms with van der Waals surface area (Å²) in [5.41, 5.74) is 1.11. The van der Waals surface area contributed by atoms with Crippen LogP contribution in [0.5, 0.6) is 5.75 Å². The molecule has 0 aliphatic rings. The number of thioether (sulfide) groups is 1. The first kappa shape index (κ1) is 16.4. The monoisotopic (exact) mass is 315 g/mol.